The molecule has 6 heteroatoms. The number of amides is 2. The molecule has 128 valence electrons. The minimum absolute atomic E-state index is 0.00372. The Morgan fingerprint density at radius 1 is 1.20 bits per heavy atom. The van der Waals surface area contributed by atoms with Crippen LogP contribution in [0.1, 0.15) is 17.5 Å². The highest BCUT2D eigenvalue weighted by molar-refractivity contribution is 6.10. The van der Waals surface area contributed by atoms with Gasteiger partial charge in [0.25, 0.3) is 5.91 Å². The lowest BCUT2D eigenvalue weighted by Gasteiger charge is -2.23. The highest BCUT2D eigenvalue weighted by Gasteiger charge is 2.30. The van der Waals surface area contributed by atoms with Crippen molar-refractivity contribution in [2.24, 2.45) is 0 Å². The van der Waals surface area contributed by atoms with Gasteiger partial charge in [0, 0.05) is 18.2 Å². The summed E-state index contributed by atoms with van der Waals surface area (Å²) in [6, 6.07) is 12.9. The Hall–Kier alpha value is -3.15. The van der Waals surface area contributed by atoms with Crippen molar-refractivity contribution in [2.45, 2.75) is 13.0 Å². The summed E-state index contributed by atoms with van der Waals surface area (Å²) < 4.78 is 14.0. The highest BCUT2D eigenvalue weighted by atomic mass is 19.1. The summed E-state index contributed by atoms with van der Waals surface area (Å²) in [6.45, 7) is 0.0107. The largest absolute Gasteiger partial charge is 0.507 e. The molecule has 1 aliphatic rings. The number of hydrogen-bond donors (Lipinski definition) is 2. The molecule has 1 heterocycles. The van der Waals surface area contributed by atoms with Gasteiger partial charge in [0.1, 0.15) is 11.6 Å². The number of aliphatic hydroxyl groups excluding tert-OH is 1. The van der Waals surface area contributed by atoms with Gasteiger partial charge in [-0.25, -0.2) is 4.39 Å². The molecule has 0 atom stereocenters. The van der Waals surface area contributed by atoms with E-state index in [-0.39, 0.29) is 24.3 Å². The Kier molecular flexibility index (Phi) is 4.52. The van der Waals surface area contributed by atoms with Crippen LogP contribution in [-0.2, 0) is 16.1 Å². The molecule has 2 aromatic carbocycles. The van der Waals surface area contributed by atoms with Gasteiger partial charge in [-0.1, -0.05) is 30.3 Å². The van der Waals surface area contributed by atoms with Crippen molar-refractivity contribution in [1.29, 1.82) is 0 Å². The number of likely N-dealkylation sites (N-methyl/N-ethyl adjacent to an activating group) is 1. The van der Waals surface area contributed by atoms with Crippen molar-refractivity contribution in [3.8, 4) is 0 Å². The zero-order valence-corrected chi connectivity index (χ0v) is 13.6. The maximum atomic E-state index is 14.0. The predicted molar refractivity (Wildman–Crippen MR) is 92.3 cm³/mol. The molecule has 0 unspecified atom stereocenters. The lowest BCUT2D eigenvalue weighted by molar-refractivity contribution is -0.121. The van der Waals surface area contributed by atoms with Crippen molar-refractivity contribution >= 4 is 23.3 Å². The SMILES string of the molecule is CNC(=O)C1=C(O)c2ccccc2N(Cc2ccccc2F)C(=O)C1. The van der Waals surface area contributed by atoms with Crippen LogP contribution in [0.4, 0.5) is 10.1 Å². The molecule has 0 fully saturated rings. The summed E-state index contributed by atoms with van der Waals surface area (Å²) in [5.41, 5.74) is 1.15. The van der Waals surface area contributed by atoms with E-state index < -0.39 is 17.6 Å². The minimum Gasteiger partial charge on any atom is -0.507 e. The van der Waals surface area contributed by atoms with Crippen LogP contribution in [0.3, 0.4) is 0 Å². The van der Waals surface area contributed by atoms with E-state index in [1.165, 1.54) is 18.0 Å². The molecule has 1 aliphatic heterocycles. The molecule has 2 amide bonds. The van der Waals surface area contributed by atoms with Crippen molar-refractivity contribution in [1.82, 2.24) is 5.32 Å². The first-order valence-corrected chi connectivity index (χ1v) is 7.80. The lowest BCUT2D eigenvalue weighted by Crippen LogP contribution is -2.32. The van der Waals surface area contributed by atoms with Gasteiger partial charge in [-0.3, -0.25) is 9.59 Å². The van der Waals surface area contributed by atoms with E-state index >= 15 is 0 Å². The second kappa shape index (κ2) is 6.76. The number of nitrogens with zero attached hydrogens (tertiary/aromatic N) is 1. The Morgan fingerprint density at radius 3 is 2.60 bits per heavy atom. The molecule has 0 saturated carbocycles. The van der Waals surface area contributed by atoms with E-state index in [1.54, 1.807) is 42.5 Å². The van der Waals surface area contributed by atoms with Gasteiger partial charge in [-0.05, 0) is 18.2 Å². The lowest BCUT2D eigenvalue weighted by atomic mass is 10.1. The second-order valence-electron chi connectivity index (χ2n) is 5.67. The van der Waals surface area contributed by atoms with Gasteiger partial charge in [0.05, 0.1) is 24.2 Å². The molecule has 0 saturated heterocycles. The molecule has 0 aromatic heterocycles. The van der Waals surface area contributed by atoms with Crippen LogP contribution in [0.2, 0.25) is 0 Å². The number of carbonyl (C=O) groups is 2. The number of para-hydroxylation sites is 1. The summed E-state index contributed by atoms with van der Waals surface area (Å²) in [5, 5.41) is 13.0. The van der Waals surface area contributed by atoms with Crippen LogP contribution in [-0.4, -0.2) is 24.0 Å². The fraction of sp³-hybridized carbons (Fsp3) is 0.158. The average molecular weight is 340 g/mol. The third-order valence-corrected chi connectivity index (χ3v) is 4.15. The molecule has 2 aromatic rings. The maximum Gasteiger partial charge on any atom is 0.251 e. The maximum absolute atomic E-state index is 14.0. The number of anilines is 1. The summed E-state index contributed by atoms with van der Waals surface area (Å²) in [4.78, 5) is 26.2. The van der Waals surface area contributed by atoms with Crippen LogP contribution in [0, 0.1) is 5.82 Å². The first-order valence-electron chi connectivity index (χ1n) is 7.80. The van der Waals surface area contributed by atoms with Crippen molar-refractivity contribution in [2.75, 3.05) is 11.9 Å². The number of nitrogens with one attached hydrogen (secondary N) is 1. The summed E-state index contributed by atoms with van der Waals surface area (Å²) >= 11 is 0. The molecule has 0 aliphatic carbocycles. The van der Waals surface area contributed by atoms with Crippen LogP contribution < -0.4 is 10.2 Å². The van der Waals surface area contributed by atoms with Gasteiger partial charge in [0.15, 0.2) is 0 Å². The van der Waals surface area contributed by atoms with Gasteiger partial charge in [0.2, 0.25) is 5.91 Å². The third kappa shape index (κ3) is 3.10. The van der Waals surface area contributed by atoms with Crippen molar-refractivity contribution in [3.63, 3.8) is 0 Å². The second-order valence-corrected chi connectivity index (χ2v) is 5.67. The molecule has 0 radical (unpaired) electrons. The van der Waals surface area contributed by atoms with Crippen LogP contribution in [0.5, 0.6) is 0 Å². The first kappa shape index (κ1) is 16.7. The standard InChI is InChI=1S/C19H17FN2O3/c1-21-19(25)14-10-17(23)22(11-12-6-2-4-8-15(12)20)16-9-5-3-7-13(16)18(14)24/h2-9,24H,10-11H2,1H3,(H,21,25). The van der Waals surface area contributed by atoms with E-state index in [4.69, 9.17) is 0 Å². The summed E-state index contributed by atoms with van der Waals surface area (Å²) in [7, 11) is 1.43. The quantitative estimate of drug-likeness (QED) is 0.903. The topological polar surface area (TPSA) is 69.6 Å². The Bertz CT molecular complexity index is 876. The molecule has 2 N–H and O–H groups in total. The number of benzene rings is 2. The first-order chi connectivity index (χ1) is 12.0. The monoisotopic (exact) mass is 340 g/mol. The minimum atomic E-state index is -0.520. The third-order valence-electron chi connectivity index (χ3n) is 4.15. The molecule has 0 bridgehead atoms. The van der Waals surface area contributed by atoms with E-state index in [0.29, 0.717) is 16.8 Å². The average Bonchev–Trinajstić information content (AvgIpc) is 2.73. The number of aliphatic hydroxyl groups is 1. The normalized spacial score (nSPS) is 14.2. The highest BCUT2D eigenvalue weighted by Crippen LogP contribution is 2.34. The van der Waals surface area contributed by atoms with Gasteiger partial charge in [-0.2, -0.15) is 0 Å². The number of halogens is 1. The van der Waals surface area contributed by atoms with Crippen LogP contribution in [0.25, 0.3) is 5.76 Å². The van der Waals surface area contributed by atoms with E-state index in [1.807, 2.05) is 0 Å². The Morgan fingerprint density at radius 2 is 1.88 bits per heavy atom. The summed E-state index contributed by atoms with van der Waals surface area (Å²) in [6.07, 6.45) is -0.269. The number of carbonyl (C=O) groups excluding carboxylic acids is 2. The number of hydrogen-bond acceptors (Lipinski definition) is 3. The zero-order chi connectivity index (χ0) is 18.0. The van der Waals surface area contributed by atoms with E-state index in [9.17, 15) is 19.1 Å². The molecule has 0 spiro atoms. The van der Waals surface area contributed by atoms with E-state index in [0.717, 1.165) is 0 Å². The van der Waals surface area contributed by atoms with Crippen LogP contribution in [0.15, 0.2) is 54.1 Å². The zero-order valence-electron chi connectivity index (χ0n) is 13.6. The van der Waals surface area contributed by atoms with Crippen molar-refractivity contribution in [3.05, 3.63) is 71.0 Å². The van der Waals surface area contributed by atoms with Gasteiger partial charge >= 0.3 is 0 Å². The van der Waals surface area contributed by atoms with Crippen LogP contribution >= 0.6 is 0 Å². The summed E-state index contributed by atoms with van der Waals surface area (Å²) in [5.74, 6) is -1.56. The van der Waals surface area contributed by atoms with Gasteiger partial charge < -0.3 is 15.3 Å². The Balaban J connectivity index is 2.09. The fourth-order valence-electron chi connectivity index (χ4n) is 2.85. The fourth-order valence-corrected chi connectivity index (χ4v) is 2.85. The van der Waals surface area contributed by atoms with Gasteiger partial charge in [-0.15, -0.1) is 0 Å². The number of fused-ring (bicyclic) bond motifs is 1. The number of rotatable bonds is 3. The molecular formula is C19H17FN2O3. The van der Waals surface area contributed by atoms with E-state index in [2.05, 4.69) is 5.32 Å². The molecular weight excluding hydrogens is 323 g/mol. The smallest absolute Gasteiger partial charge is 0.251 e. The van der Waals surface area contributed by atoms with Crippen molar-refractivity contribution < 1.29 is 19.1 Å². The Labute approximate surface area is 144 Å². The molecule has 5 nitrogen and oxygen atoms in total. The predicted octanol–water partition coefficient (Wildman–Crippen LogP) is 2.78. The molecule has 25 heavy (non-hydrogen) atoms. The molecule has 3 rings (SSSR count).